The van der Waals surface area contributed by atoms with Crippen LogP contribution < -0.4 is 4.74 Å². The number of carbonyl (C=O) groups excluding carboxylic acids is 1. The molecule has 0 saturated heterocycles. The fourth-order valence-electron chi connectivity index (χ4n) is 3.29. The van der Waals surface area contributed by atoms with E-state index in [0.29, 0.717) is 41.3 Å². The molecule has 0 aliphatic carbocycles. The molecule has 2 aromatic rings. The van der Waals surface area contributed by atoms with Crippen molar-refractivity contribution in [3.05, 3.63) is 47.2 Å². The third-order valence-corrected chi connectivity index (χ3v) is 4.59. The molecule has 1 aromatic heterocycles. The molecule has 0 radical (unpaired) electrons. The highest BCUT2D eigenvalue weighted by molar-refractivity contribution is 6.11. The highest BCUT2D eigenvalue weighted by Gasteiger charge is 2.24. The van der Waals surface area contributed by atoms with Gasteiger partial charge in [0.2, 0.25) is 5.88 Å². The Morgan fingerprint density at radius 2 is 1.78 bits per heavy atom. The summed E-state index contributed by atoms with van der Waals surface area (Å²) in [5.41, 5.74) is 1.65. The first-order valence-electron chi connectivity index (χ1n) is 9.42. The van der Waals surface area contributed by atoms with Gasteiger partial charge in [-0.25, -0.2) is 4.68 Å². The SMILES string of the molecule is Cc1nn(C)c(OC[C@H](O)CN(C(C)C)C(C)C)c1C(=O)c1ccccc1. The van der Waals surface area contributed by atoms with Crippen molar-refractivity contribution in [3.8, 4) is 5.88 Å². The van der Waals surface area contributed by atoms with E-state index >= 15 is 0 Å². The summed E-state index contributed by atoms with van der Waals surface area (Å²) in [6.45, 7) is 10.8. The Morgan fingerprint density at radius 1 is 1.19 bits per heavy atom. The summed E-state index contributed by atoms with van der Waals surface area (Å²) in [5, 5.41) is 14.8. The Labute approximate surface area is 161 Å². The average Bonchev–Trinajstić information content (AvgIpc) is 2.90. The Hall–Kier alpha value is -2.18. The van der Waals surface area contributed by atoms with E-state index in [0.717, 1.165) is 0 Å². The Bertz CT molecular complexity index is 746. The molecule has 6 nitrogen and oxygen atoms in total. The fraction of sp³-hybridized carbons (Fsp3) is 0.524. The van der Waals surface area contributed by atoms with Crippen LogP contribution in [0.1, 0.15) is 49.3 Å². The lowest BCUT2D eigenvalue weighted by Gasteiger charge is -2.32. The van der Waals surface area contributed by atoms with Gasteiger partial charge < -0.3 is 9.84 Å². The third kappa shape index (κ3) is 5.17. The summed E-state index contributed by atoms with van der Waals surface area (Å²) >= 11 is 0. The van der Waals surface area contributed by atoms with Gasteiger partial charge in [0.05, 0.1) is 5.69 Å². The summed E-state index contributed by atoms with van der Waals surface area (Å²) in [6.07, 6.45) is -0.662. The molecule has 1 heterocycles. The largest absolute Gasteiger partial charge is 0.474 e. The number of ether oxygens (including phenoxy) is 1. The van der Waals surface area contributed by atoms with Gasteiger partial charge in [-0.15, -0.1) is 0 Å². The number of ketones is 1. The van der Waals surface area contributed by atoms with Crippen molar-refractivity contribution < 1.29 is 14.6 Å². The predicted octanol–water partition coefficient (Wildman–Crippen LogP) is 2.82. The van der Waals surface area contributed by atoms with Crippen LogP contribution in [0.3, 0.4) is 0 Å². The van der Waals surface area contributed by atoms with Gasteiger partial charge in [-0.2, -0.15) is 5.10 Å². The zero-order chi connectivity index (χ0) is 20.1. The standard InChI is InChI=1S/C21H31N3O3/c1-14(2)24(15(3)4)12-18(25)13-27-21-19(16(5)22-23(21)6)20(26)17-10-8-7-9-11-17/h7-11,14-15,18,25H,12-13H2,1-6H3/t18-/m1/s1. The van der Waals surface area contributed by atoms with Gasteiger partial charge in [-0.1, -0.05) is 30.3 Å². The molecule has 6 heteroatoms. The van der Waals surface area contributed by atoms with Gasteiger partial charge >= 0.3 is 0 Å². The molecule has 0 saturated carbocycles. The van der Waals surface area contributed by atoms with Crippen LogP contribution in [-0.2, 0) is 7.05 Å². The molecule has 0 spiro atoms. The molecule has 0 fully saturated rings. The average molecular weight is 373 g/mol. The van der Waals surface area contributed by atoms with Crippen molar-refractivity contribution in [2.75, 3.05) is 13.2 Å². The van der Waals surface area contributed by atoms with Crippen LogP contribution in [0.2, 0.25) is 0 Å². The molecule has 2 rings (SSSR count). The van der Waals surface area contributed by atoms with Gasteiger partial charge in [-0.05, 0) is 34.6 Å². The van der Waals surface area contributed by atoms with E-state index in [9.17, 15) is 9.90 Å². The normalized spacial score (nSPS) is 12.8. The minimum absolute atomic E-state index is 0.101. The highest BCUT2D eigenvalue weighted by Crippen LogP contribution is 2.25. The van der Waals surface area contributed by atoms with E-state index in [-0.39, 0.29) is 12.4 Å². The number of hydrogen-bond acceptors (Lipinski definition) is 5. The number of aromatic nitrogens is 2. The smallest absolute Gasteiger partial charge is 0.223 e. The Morgan fingerprint density at radius 3 is 2.33 bits per heavy atom. The summed E-state index contributed by atoms with van der Waals surface area (Å²) in [4.78, 5) is 15.1. The van der Waals surface area contributed by atoms with Crippen molar-refractivity contribution in [2.24, 2.45) is 7.05 Å². The number of hydrogen-bond donors (Lipinski definition) is 1. The molecular formula is C21H31N3O3. The second-order valence-electron chi connectivity index (χ2n) is 7.43. The lowest BCUT2D eigenvalue weighted by Crippen LogP contribution is -2.43. The number of carbonyl (C=O) groups is 1. The molecule has 27 heavy (non-hydrogen) atoms. The van der Waals surface area contributed by atoms with Crippen LogP contribution in [0.15, 0.2) is 30.3 Å². The van der Waals surface area contributed by atoms with Crippen molar-refractivity contribution in [2.45, 2.75) is 52.8 Å². The van der Waals surface area contributed by atoms with E-state index in [4.69, 9.17) is 4.74 Å². The zero-order valence-electron chi connectivity index (χ0n) is 17.1. The summed E-state index contributed by atoms with van der Waals surface area (Å²) < 4.78 is 7.41. The first-order valence-corrected chi connectivity index (χ1v) is 9.42. The molecule has 0 aliphatic heterocycles. The summed E-state index contributed by atoms with van der Waals surface area (Å²) in [5.74, 6) is 0.262. The van der Waals surface area contributed by atoms with Crippen LogP contribution in [0.4, 0.5) is 0 Å². The maximum Gasteiger partial charge on any atom is 0.223 e. The van der Waals surface area contributed by atoms with Crippen molar-refractivity contribution in [3.63, 3.8) is 0 Å². The minimum Gasteiger partial charge on any atom is -0.474 e. The van der Waals surface area contributed by atoms with E-state index in [1.165, 1.54) is 0 Å². The zero-order valence-corrected chi connectivity index (χ0v) is 17.1. The quantitative estimate of drug-likeness (QED) is 0.685. The molecule has 1 N–H and O–H groups in total. The maximum atomic E-state index is 12.9. The van der Waals surface area contributed by atoms with Crippen molar-refractivity contribution in [1.82, 2.24) is 14.7 Å². The Kier molecular flexibility index (Phi) is 7.16. The lowest BCUT2D eigenvalue weighted by atomic mass is 10.0. The fourth-order valence-corrected chi connectivity index (χ4v) is 3.29. The third-order valence-electron chi connectivity index (χ3n) is 4.59. The maximum absolute atomic E-state index is 12.9. The molecule has 0 aliphatic rings. The predicted molar refractivity (Wildman–Crippen MR) is 106 cm³/mol. The molecule has 0 bridgehead atoms. The number of aliphatic hydroxyl groups excluding tert-OH is 1. The first kappa shape index (κ1) is 21.1. The van der Waals surface area contributed by atoms with Gasteiger partial charge in [0, 0.05) is 31.2 Å². The lowest BCUT2D eigenvalue weighted by molar-refractivity contribution is 0.0420. The van der Waals surface area contributed by atoms with E-state index in [2.05, 4.69) is 37.7 Å². The van der Waals surface area contributed by atoms with E-state index in [1.54, 1.807) is 30.8 Å². The monoisotopic (exact) mass is 373 g/mol. The summed E-state index contributed by atoms with van der Waals surface area (Å²) in [6, 6.07) is 9.73. The van der Waals surface area contributed by atoms with Gasteiger partial charge in [0.1, 0.15) is 18.3 Å². The molecule has 0 unspecified atom stereocenters. The van der Waals surface area contributed by atoms with Gasteiger partial charge in [0.15, 0.2) is 5.78 Å². The van der Waals surface area contributed by atoms with E-state index < -0.39 is 6.10 Å². The van der Waals surface area contributed by atoms with Gasteiger partial charge in [0.25, 0.3) is 0 Å². The van der Waals surface area contributed by atoms with Gasteiger partial charge in [-0.3, -0.25) is 9.69 Å². The number of aliphatic hydroxyl groups is 1. The number of rotatable bonds is 9. The minimum atomic E-state index is -0.662. The molecule has 1 aromatic carbocycles. The van der Waals surface area contributed by atoms with E-state index in [1.807, 2.05) is 18.2 Å². The molecule has 148 valence electrons. The second-order valence-corrected chi connectivity index (χ2v) is 7.43. The van der Waals surface area contributed by atoms with Crippen LogP contribution in [-0.4, -0.2) is 56.9 Å². The molecule has 1 atom stereocenters. The second kappa shape index (κ2) is 9.15. The molecular weight excluding hydrogens is 342 g/mol. The molecule has 0 amide bonds. The summed E-state index contributed by atoms with van der Waals surface area (Å²) in [7, 11) is 1.74. The van der Waals surface area contributed by atoms with Crippen LogP contribution in [0.25, 0.3) is 0 Å². The van der Waals surface area contributed by atoms with Crippen LogP contribution in [0, 0.1) is 6.92 Å². The topological polar surface area (TPSA) is 67.6 Å². The van der Waals surface area contributed by atoms with Crippen LogP contribution >= 0.6 is 0 Å². The number of aryl methyl sites for hydroxylation is 2. The highest BCUT2D eigenvalue weighted by atomic mass is 16.5. The van der Waals surface area contributed by atoms with Crippen molar-refractivity contribution in [1.29, 1.82) is 0 Å². The Balaban J connectivity index is 2.14. The number of nitrogens with zero attached hydrogens (tertiary/aromatic N) is 3. The first-order chi connectivity index (χ1) is 12.7. The van der Waals surface area contributed by atoms with Crippen LogP contribution in [0.5, 0.6) is 5.88 Å². The van der Waals surface area contributed by atoms with Crippen molar-refractivity contribution >= 4 is 5.78 Å². The number of benzene rings is 1.